The first-order chi connectivity index (χ1) is 16.4. The number of Topliss-reactive ketones (excluding diaryl/α,β-unsaturated/α-hetero) is 1. The Morgan fingerprint density at radius 1 is 1.06 bits per heavy atom. The van der Waals surface area contributed by atoms with Gasteiger partial charge in [-0.3, -0.25) is 14.5 Å². The maximum atomic E-state index is 13.3. The van der Waals surface area contributed by atoms with Crippen LogP contribution >= 0.6 is 11.3 Å². The van der Waals surface area contributed by atoms with Crippen molar-refractivity contribution in [2.45, 2.75) is 13.0 Å². The number of amides is 1. The smallest absolute Gasteiger partial charge is 0.301 e. The summed E-state index contributed by atoms with van der Waals surface area (Å²) < 4.78 is 6.06. The van der Waals surface area contributed by atoms with Gasteiger partial charge in [0.15, 0.2) is 5.13 Å². The fourth-order valence-corrected chi connectivity index (χ4v) is 5.05. The summed E-state index contributed by atoms with van der Waals surface area (Å²) in [5, 5.41) is 21.6. The second kappa shape index (κ2) is 8.31. The third-order valence-corrected chi connectivity index (χ3v) is 6.76. The Bertz CT molecular complexity index is 1470. The highest BCUT2D eigenvalue weighted by Crippen LogP contribution is 2.45. The number of aliphatic hydroxyl groups is 1. The minimum atomic E-state index is -0.962. The summed E-state index contributed by atoms with van der Waals surface area (Å²) >= 11 is 1.24. The first kappa shape index (κ1) is 21.7. The van der Waals surface area contributed by atoms with Crippen molar-refractivity contribution in [2.24, 2.45) is 0 Å². The predicted octanol–water partition coefficient (Wildman–Crippen LogP) is 4.95. The molecule has 7 nitrogen and oxygen atoms in total. The summed E-state index contributed by atoms with van der Waals surface area (Å²) in [5.74, 6) is -1.27. The Labute approximate surface area is 199 Å². The molecule has 0 radical (unpaired) electrons. The average Bonchev–Trinajstić information content (AvgIpc) is 3.36. The first-order valence-electron chi connectivity index (χ1n) is 10.5. The third kappa shape index (κ3) is 3.58. The number of ketones is 1. The number of aliphatic hydroxyl groups excluding tert-OH is 1. The van der Waals surface area contributed by atoms with E-state index in [2.05, 4.69) is 4.98 Å². The zero-order valence-electron chi connectivity index (χ0n) is 18.4. The number of aryl methyl sites for hydroxylation is 1. The zero-order valence-corrected chi connectivity index (χ0v) is 19.2. The topological polar surface area (TPSA) is 100.0 Å². The second-order valence-electron chi connectivity index (χ2n) is 7.96. The average molecular weight is 473 g/mol. The van der Waals surface area contributed by atoms with Crippen LogP contribution in [0.1, 0.15) is 22.7 Å². The molecule has 1 aliphatic rings. The van der Waals surface area contributed by atoms with E-state index in [4.69, 9.17) is 4.74 Å². The molecule has 1 aromatic heterocycles. The number of fused-ring (bicyclic) bond motifs is 1. The molecule has 0 spiro atoms. The van der Waals surface area contributed by atoms with Gasteiger partial charge in [-0.1, -0.05) is 53.3 Å². The molecule has 3 aromatic carbocycles. The van der Waals surface area contributed by atoms with Crippen molar-refractivity contribution < 1.29 is 24.5 Å². The van der Waals surface area contributed by atoms with Crippen LogP contribution < -0.4 is 9.64 Å². The van der Waals surface area contributed by atoms with Crippen molar-refractivity contribution in [2.75, 3.05) is 12.0 Å². The van der Waals surface area contributed by atoms with E-state index < -0.39 is 17.7 Å². The number of hydrogen-bond acceptors (Lipinski definition) is 7. The van der Waals surface area contributed by atoms with E-state index in [0.717, 1.165) is 10.3 Å². The summed E-state index contributed by atoms with van der Waals surface area (Å²) in [6.07, 6.45) is 0. The van der Waals surface area contributed by atoms with E-state index in [1.165, 1.54) is 28.4 Å². The number of rotatable bonds is 4. The Kier molecular flexibility index (Phi) is 5.30. The van der Waals surface area contributed by atoms with Gasteiger partial charge in [-0.05, 0) is 42.8 Å². The van der Waals surface area contributed by atoms with Gasteiger partial charge in [0.2, 0.25) is 0 Å². The lowest BCUT2D eigenvalue weighted by atomic mass is 9.95. The predicted molar refractivity (Wildman–Crippen MR) is 130 cm³/mol. The van der Waals surface area contributed by atoms with Crippen LogP contribution in [-0.4, -0.2) is 34.0 Å². The molecule has 1 amide bonds. The summed E-state index contributed by atoms with van der Waals surface area (Å²) in [6.45, 7) is 1.91. The minimum Gasteiger partial charge on any atom is -0.508 e. The number of carbonyl (C=O) groups is 2. The maximum Gasteiger partial charge on any atom is 0.301 e. The number of thiazole rings is 1. The number of benzene rings is 3. The molecule has 8 heteroatoms. The lowest BCUT2D eigenvalue weighted by molar-refractivity contribution is -0.132. The summed E-state index contributed by atoms with van der Waals surface area (Å²) in [7, 11) is 1.56. The minimum absolute atomic E-state index is 0.0209. The van der Waals surface area contributed by atoms with E-state index >= 15 is 0 Å². The molecular formula is C26H20N2O5S. The summed E-state index contributed by atoms with van der Waals surface area (Å²) in [5.41, 5.74) is 2.48. The number of carbonyl (C=O) groups excluding carboxylic acids is 2. The highest BCUT2D eigenvalue weighted by Gasteiger charge is 2.48. The van der Waals surface area contributed by atoms with Crippen molar-refractivity contribution in [3.05, 3.63) is 89.0 Å². The number of aromatic hydroxyl groups is 1. The number of phenolic OH excluding ortho intramolecular Hbond substituents is 1. The van der Waals surface area contributed by atoms with Crippen molar-refractivity contribution in [3.63, 3.8) is 0 Å². The van der Waals surface area contributed by atoms with E-state index in [9.17, 15) is 19.8 Å². The number of methoxy groups -OCH3 is 1. The normalized spacial score (nSPS) is 17.5. The standard InChI is InChI=1S/C26H20N2O5S/c1-14-6-8-15(9-7-14)23(30)21-22(16-4-3-5-17(29)12-16)28(25(32)24(21)31)26-27-19-11-10-18(33-2)13-20(19)34-26/h3-13,22,29-30H,1-2H3. The highest BCUT2D eigenvalue weighted by molar-refractivity contribution is 7.22. The Balaban J connectivity index is 1.72. The molecule has 34 heavy (non-hydrogen) atoms. The number of aromatic nitrogens is 1. The molecular weight excluding hydrogens is 452 g/mol. The van der Waals surface area contributed by atoms with Gasteiger partial charge < -0.3 is 14.9 Å². The van der Waals surface area contributed by atoms with Gasteiger partial charge in [0.05, 0.1) is 28.9 Å². The fraction of sp³-hybridized carbons (Fsp3) is 0.115. The number of phenols is 1. The van der Waals surface area contributed by atoms with Gasteiger partial charge >= 0.3 is 5.91 Å². The molecule has 4 aromatic rings. The molecule has 0 aliphatic carbocycles. The van der Waals surface area contributed by atoms with Gasteiger partial charge in [-0.2, -0.15) is 0 Å². The molecule has 5 rings (SSSR count). The molecule has 0 saturated carbocycles. The van der Waals surface area contributed by atoms with Gasteiger partial charge in [-0.15, -0.1) is 0 Å². The van der Waals surface area contributed by atoms with Crippen LogP contribution in [-0.2, 0) is 9.59 Å². The van der Waals surface area contributed by atoms with Crippen molar-refractivity contribution in [1.29, 1.82) is 0 Å². The molecule has 1 saturated heterocycles. The maximum absolute atomic E-state index is 13.3. The zero-order chi connectivity index (χ0) is 24.0. The van der Waals surface area contributed by atoms with Gasteiger partial charge in [-0.25, -0.2) is 4.98 Å². The number of ether oxygens (including phenoxy) is 1. The summed E-state index contributed by atoms with van der Waals surface area (Å²) in [6, 6.07) is 17.7. The van der Waals surface area contributed by atoms with Crippen LogP contribution in [0.15, 0.2) is 72.3 Å². The van der Waals surface area contributed by atoms with Gasteiger partial charge in [0.25, 0.3) is 5.78 Å². The second-order valence-corrected chi connectivity index (χ2v) is 8.97. The molecule has 2 N–H and O–H groups in total. The van der Waals surface area contributed by atoms with E-state index in [-0.39, 0.29) is 17.1 Å². The van der Waals surface area contributed by atoms with Crippen LogP contribution in [0, 0.1) is 6.92 Å². The molecule has 1 atom stereocenters. The van der Waals surface area contributed by atoms with Crippen molar-refractivity contribution in [1.82, 2.24) is 4.98 Å². The number of hydrogen-bond donors (Lipinski definition) is 2. The quantitative estimate of drug-likeness (QED) is 0.248. The number of nitrogens with zero attached hydrogens (tertiary/aromatic N) is 2. The number of anilines is 1. The van der Waals surface area contributed by atoms with E-state index in [1.807, 2.05) is 25.1 Å². The largest absolute Gasteiger partial charge is 0.508 e. The highest BCUT2D eigenvalue weighted by atomic mass is 32.1. The first-order valence-corrected chi connectivity index (χ1v) is 11.3. The van der Waals surface area contributed by atoms with Gasteiger partial charge in [0, 0.05) is 5.56 Å². The van der Waals surface area contributed by atoms with Gasteiger partial charge in [0.1, 0.15) is 17.3 Å². The van der Waals surface area contributed by atoms with E-state index in [0.29, 0.717) is 27.5 Å². The van der Waals surface area contributed by atoms with Crippen LogP contribution in [0.3, 0.4) is 0 Å². The third-order valence-electron chi connectivity index (χ3n) is 5.75. The van der Waals surface area contributed by atoms with Crippen molar-refractivity contribution >= 4 is 44.1 Å². The molecule has 170 valence electrons. The summed E-state index contributed by atoms with van der Waals surface area (Å²) in [4.78, 5) is 32.4. The Morgan fingerprint density at radius 3 is 2.53 bits per heavy atom. The van der Waals surface area contributed by atoms with Crippen LogP contribution in [0.5, 0.6) is 11.5 Å². The monoisotopic (exact) mass is 472 g/mol. The molecule has 2 heterocycles. The van der Waals surface area contributed by atoms with E-state index in [1.54, 1.807) is 43.5 Å². The van der Waals surface area contributed by atoms with Crippen LogP contribution in [0.25, 0.3) is 16.0 Å². The molecule has 0 bridgehead atoms. The fourth-order valence-electron chi connectivity index (χ4n) is 4.03. The molecule has 1 unspecified atom stereocenters. The molecule has 1 aliphatic heterocycles. The Hall–Kier alpha value is -4.17. The lowest BCUT2D eigenvalue weighted by Gasteiger charge is -2.23. The Morgan fingerprint density at radius 2 is 1.82 bits per heavy atom. The molecule has 1 fully saturated rings. The van der Waals surface area contributed by atoms with Crippen LogP contribution in [0.4, 0.5) is 5.13 Å². The SMILES string of the molecule is COc1ccc2nc(N3C(=O)C(=O)C(=C(O)c4ccc(C)cc4)C3c3cccc(O)c3)sc2c1. The van der Waals surface area contributed by atoms with Crippen molar-refractivity contribution in [3.8, 4) is 11.5 Å². The lowest BCUT2D eigenvalue weighted by Crippen LogP contribution is -2.29. The van der Waals surface area contributed by atoms with Crippen LogP contribution in [0.2, 0.25) is 0 Å².